The number of nitriles is 1. The Hall–Kier alpha value is -1.08. The zero-order valence-corrected chi connectivity index (χ0v) is 9.42. The van der Waals surface area contributed by atoms with E-state index in [9.17, 15) is 4.79 Å². The van der Waals surface area contributed by atoms with E-state index >= 15 is 0 Å². The lowest BCUT2D eigenvalue weighted by atomic mass is 9.92. The van der Waals surface area contributed by atoms with Crippen LogP contribution in [0.2, 0.25) is 0 Å². The molecule has 1 heterocycles. The van der Waals surface area contributed by atoms with Crippen LogP contribution in [0.15, 0.2) is 0 Å². The summed E-state index contributed by atoms with van der Waals surface area (Å²) in [7, 11) is 0. The molecule has 0 saturated carbocycles. The summed E-state index contributed by atoms with van der Waals surface area (Å²) in [6.07, 6.45) is 1.80. The molecule has 1 rings (SSSR count). The Morgan fingerprint density at radius 2 is 2.47 bits per heavy atom. The number of carbonyl (C=O) groups excluding carboxylic acids is 1. The number of carbonyl (C=O) groups is 1. The molecule has 1 amide bonds. The molecule has 4 heteroatoms. The summed E-state index contributed by atoms with van der Waals surface area (Å²) in [5.74, 6) is 0.116. The van der Waals surface area contributed by atoms with Crippen molar-refractivity contribution in [2.24, 2.45) is 11.8 Å². The molecule has 15 heavy (non-hydrogen) atoms. The van der Waals surface area contributed by atoms with Gasteiger partial charge in [-0.15, -0.1) is 0 Å². The van der Waals surface area contributed by atoms with E-state index in [4.69, 9.17) is 5.26 Å². The Morgan fingerprint density at radius 3 is 3.07 bits per heavy atom. The normalized spacial score (nSPS) is 27.8. The molecular weight excluding hydrogens is 190 g/mol. The minimum Gasteiger partial charge on any atom is -0.355 e. The van der Waals surface area contributed by atoms with Crippen LogP contribution in [-0.4, -0.2) is 25.0 Å². The van der Waals surface area contributed by atoms with Crippen molar-refractivity contribution in [2.75, 3.05) is 13.1 Å². The van der Waals surface area contributed by atoms with E-state index < -0.39 is 0 Å². The van der Waals surface area contributed by atoms with Gasteiger partial charge in [-0.25, -0.2) is 0 Å². The molecule has 1 fully saturated rings. The first-order chi connectivity index (χ1) is 7.13. The van der Waals surface area contributed by atoms with Crippen LogP contribution >= 0.6 is 0 Å². The summed E-state index contributed by atoms with van der Waals surface area (Å²) < 4.78 is 0. The van der Waals surface area contributed by atoms with Crippen LogP contribution in [0.1, 0.15) is 26.7 Å². The summed E-state index contributed by atoms with van der Waals surface area (Å²) in [6.45, 7) is 5.28. The second kappa shape index (κ2) is 5.72. The van der Waals surface area contributed by atoms with Gasteiger partial charge in [-0.2, -0.15) is 5.26 Å². The lowest BCUT2D eigenvalue weighted by Crippen LogP contribution is -2.43. The molecule has 3 unspecified atom stereocenters. The summed E-state index contributed by atoms with van der Waals surface area (Å²) >= 11 is 0. The zero-order valence-electron chi connectivity index (χ0n) is 9.42. The highest BCUT2D eigenvalue weighted by atomic mass is 16.1. The fourth-order valence-electron chi connectivity index (χ4n) is 1.81. The van der Waals surface area contributed by atoms with Crippen molar-refractivity contribution in [2.45, 2.75) is 32.7 Å². The number of nitrogens with one attached hydrogen (secondary N) is 2. The van der Waals surface area contributed by atoms with E-state index in [-0.39, 0.29) is 17.7 Å². The molecule has 0 aromatic carbocycles. The van der Waals surface area contributed by atoms with Gasteiger partial charge >= 0.3 is 0 Å². The molecule has 0 aliphatic carbocycles. The van der Waals surface area contributed by atoms with Gasteiger partial charge in [-0.1, -0.05) is 0 Å². The molecule has 0 aromatic rings. The molecular formula is C11H19N3O. The molecule has 1 saturated heterocycles. The number of hydrogen-bond donors (Lipinski definition) is 2. The third kappa shape index (κ3) is 3.88. The molecule has 84 valence electrons. The second-order valence-electron chi connectivity index (χ2n) is 4.35. The first-order valence-electron chi connectivity index (χ1n) is 5.54. The van der Waals surface area contributed by atoms with Crippen LogP contribution in [0.5, 0.6) is 0 Å². The van der Waals surface area contributed by atoms with Crippen LogP contribution in [0, 0.1) is 23.2 Å². The van der Waals surface area contributed by atoms with Crippen molar-refractivity contribution in [3.63, 3.8) is 0 Å². The number of nitrogens with zero attached hydrogens (tertiary/aromatic N) is 1. The van der Waals surface area contributed by atoms with E-state index in [1.165, 1.54) is 0 Å². The zero-order chi connectivity index (χ0) is 11.3. The third-order valence-corrected chi connectivity index (χ3v) is 2.80. The summed E-state index contributed by atoms with van der Waals surface area (Å²) in [6, 6.07) is 2.52. The number of amides is 1. The lowest BCUT2D eigenvalue weighted by molar-refractivity contribution is -0.126. The molecule has 0 radical (unpaired) electrons. The average Bonchev–Trinajstić information content (AvgIpc) is 2.25. The van der Waals surface area contributed by atoms with Crippen molar-refractivity contribution in [1.82, 2.24) is 10.6 Å². The fraction of sp³-hybridized carbons (Fsp3) is 0.818. The van der Waals surface area contributed by atoms with Gasteiger partial charge in [0.15, 0.2) is 0 Å². The van der Waals surface area contributed by atoms with E-state index in [0.717, 1.165) is 19.4 Å². The first kappa shape index (κ1) is 12.0. The van der Waals surface area contributed by atoms with Crippen LogP contribution in [-0.2, 0) is 4.79 Å². The van der Waals surface area contributed by atoms with Crippen molar-refractivity contribution in [1.29, 1.82) is 5.26 Å². The smallest absolute Gasteiger partial charge is 0.223 e. The van der Waals surface area contributed by atoms with Gasteiger partial charge < -0.3 is 10.6 Å². The minimum absolute atomic E-state index is 0.102. The van der Waals surface area contributed by atoms with Crippen molar-refractivity contribution < 1.29 is 4.79 Å². The molecule has 0 bridgehead atoms. The average molecular weight is 209 g/mol. The highest BCUT2D eigenvalue weighted by molar-refractivity contribution is 5.78. The van der Waals surface area contributed by atoms with E-state index in [0.29, 0.717) is 12.6 Å². The largest absolute Gasteiger partial charge is 0.355 e. The predicted octanol–water partition coefficient (Wildman–Crippen LogP) is 0.650. The fourth-order valence-corrected chi connectivity index (χ4v) is 1.81. The second-order valence-corrected chi connectivity index (χ2v) is 4.35. The van der Waals surface area contributed by atoms with Crippen molar-refractivity contribution >= 4 is 5.91 Å². The topological polar surface area (TPSA) is 64.9 Å². The Morgan fingerprint density at radius 1 is 1.73 bits per heavy atom. The lowest BCUT2D eigenvalue weighted by Gasteiger charge is -2.27. The van der Waals surface area contributed by atoms with Gasteiger partial charge in [0, 0.05) is 18.5 Å². The van der Waals surface area contributed by atoms with Gasteiger partial charge in [-0.3, -0.25) is 4.79 Å². The van der Waals surface area contributed by atoms with Crippen molar-refractivity contribution in [3.8, 4) is 6.07 Å². The SMILES string of the molecule is CC(C#N)CNC(=O)C1CCNC(C)C1. The van der Waals surface area contributed by atoms with Crippen LogP contribution in [0.25, 0.3) is 0 Å². The first-order valence-corrected chi connectivity index (χ1v) is 5.54. The van der Waals surface area contributed by atoms with Gasteiger partial charge in [0.05, 0.1) is 12.0 Å². The third-order valence-electron chi connectivity index (χ3n) is 2.80. The number of piperidine rings is 1. The molecule has 1 aliphatic rings. The van der Waals surface area contributed by atoms with E-state index in [1.54, 1.807) is 0 Å². The quantitative estimate of drug-likeness (QED) is 0.717. The molecule has 3 atom stereocenters. The predicted molar refractivity (Wildman–Crippen MR) is 58.0 cm³/mol. The molecule has 1 aliphatic heterocycles. The molecule has 0 aromatic heterocycles. The van der Waals surface area contributed by atoms with Crippen molar-refractivity contribution in [3.05, 3.63) is 0 Å². The Labute approximate surface area is 91.0 Å². The Kier molecular flexibility index (Phi) is 4.57. The van der Waals surface area contributed by atoms with Crippen LogP contribution in [0.4, 0.5) is 0 Å². The number of rotatable bonds is 3. The molecule has 0 spiro atoms. The van der Waals surface area contributed by atoms with Gasteiger partial charge in [0.2, 0.25) is 5.91 Å². The van der Waals surface area contributed by atoms with Gasteiger partial charge in [0.1, 0.15) is 0 Å². The maximum absolute atomic E-state index is 11.7. The standard InChI is InChI=1S/C11H19N3O/c1-8(6-12)7-14-11(15)10-3-4-13-9(2)5-10/h8-10,13H,3-5,7H2,1-2H3,(H,14,15). The minimum atomic E-state index is -0.104. The molecule has 2 N–H and O–H groups in total. The van der Waals surface area contributed by atoms with Crippen LogP contribution in [0.3, 0.4) is 0 Å². The maximum atomic E-state index is 11.7. The summed E-state index contributed by atoms with van der Waals surface area (Å²) in [5, 5.41) is 14.7. The Balaban J connectivity index is 2.30. The highest BCUT2D eigenvalue weighted by Crippen LogP contribution is 2.15. The van der Waals surface area contributed by atoms with E-state index in [1.807, 2.05) is 6.92 Å². The van der Waals surface area contributed by atoms with E-state index in [2.05, 4.69) is 23.6 Å². The Bertz CT molecular complexity index is 259. The monoisotopic (exact) mass is 209 g/mol. The summed E-state index contributed by atoms with van der Waals surface area (Å²) in [5.41, 5.74) is 0. The van der Waals surface area contributed by atoms with Gasteiger partial charge in [-0.05, 0) is 33.2 Å². The highest BCUT2D eigenvalue weighted by Gasteiger charge is 2.24. The maximum Gasteiger partial charge on any atom is 0.223 e. The van der Waals surface area contributed by atoms with Crippen LogP contribution < -0.4 is 10.6 Å². The number of hydrogen-bond acceptors (Lipinski definition) is 3. The van der Waals surface area contributed by atoms with Gasteiger partial charge in [0.25, 0.3) is 0 Å². The molecule has 4 nitrogen and oxygen atoms in total. The summed E-state index contributed by atoms with van der Waals surface area (Å²) in [4.78, 5) is 11.7.